The number of hydrogen-bond donors (Lipinski definition) is 0. The topological polar surface area (TPSA) is 61.8 Å². The fourth-order valence-electron chi connectivity index (χ4n) is 1.77. The lowest BCUT2D eigenvalue weighted by molar-refractivity contribution is -0.222. The third-order valence-electron chi connectivity index (χ3n) is 2.60. The second kappa shape index (κ2) is 5.92. The summed E-state index contributed by atoms with van der Waals surface area (Å²) in [6.07, 6.45) is 1.03. The molecule has 1 aromatic carbocycles. The average molecular weight is 333 g/mol. The zero-order chi connectivity index (χ0) is 16.5. The minimum absolute atomic E-state index is 0.0245. The number of ether oxygens (including phenoxy) is 3. The summed E-state index contributed by atoms with van der Waals surface area (Å²) in [5, 5.41) is 0.214. The van der Waals surface area contributed by atoms with Crippen LogP contribution in [0.2, 0.25) is 5.02 Å². The van der Waals surface area contributed by atoms with Crippen LogP contribution in [0.5, 0.6) is 5.75 Å². The molecule has 0 amide bonds. The van der Waals surface area contributed by atoms with Gasteiger partial charge in [0.2, 0.25) is 0 Å². The van der Waals surface area contributed by atoms with Crippen molar-refractivity contribution in [3.8, 4) is 5.75 Å². The maximum atomic E-state index is 12.4. The number of benzene rings is 1. The minimum Gasteiger partial charge on any atom is -0.434 e. The zero-order valence-corrected chi connectivity index (χ0v) is 12.3. The molecule has 0 spiro atoms. The molecule has 2 rings (SSSR count). The van der Waals surface area contributed by atoms with E-state index in [1.54, 1.807) is 0 Å². The van der Waals surface area contributed by atoms with Gasteiger partial charge in [-0.05, 0) is 24.3 Å². The fourth-order valence-corrected chi connectivity index (χ4v) is 1.95. The van der Waals surface area contributed by atoms with E-state index in [0.29, 0.717) is 0 Å². The van der Waals surface area contributed by atoms with E-state index >= 15 is 0 Å². The lowest BCUT2D eigenvalue weighted by atomic mass is 10.1. The number of carbonyl (C=O) groups excluding carboxylic acids is 2. The van der Waals surface area contributed by atoms with Crippen molar-refractivity contribution in [2.45, 2.75) is 26.2 Å². The van der Waals surface area contributed by atoms with E-state index in [1.165, 1.54) is 32.0 Å². The monoisotopic (exact) mass is 332 g/mol. The number of esters is 2. The maximum absolute atomic E-state index is 12.4. The van der Waals surface area contributed by atoms with Crippen molar-refractivity contribution in [3.05, 3.63) is 34.4 Å². The molecule has 22 heavy (non-hydrogen) atoms. The van der Waals surface area contributed by atoms with Crippen molar-refractivity contribution in [3.63, 3.8) is 0 Å². The predicted molar refractivity (Wildman–Crippen MR) is 72.3 cm³/mol. The van der Waals surface area contributed by atoms with Crippen molar-refractivity contribution >= 4 is 29.6 Å². The largest absolute Gasteiger partial charge is 0.434 e. The molecule has 1 saturated heterocycles. The normalized spacial score (nSPS) is 17.1. The van der Waals surface area contributed by atoms with Crippen LogP contribution in [0.4, 0.5) is 8.78 Å². The van der Waals surface area contributed by atoms with Crippen LogP contribution in [-0.2, 0) is 19.1 Å². The van der Waals surface area contributed by atoms with Crippen LogP contribution in [0.25, 0.3) is 6.08 Å². The minimum atomic E-state index is -3.07. The van der Waals surface area contributed by atoms with Gasteiger partial charge in [-0.15, -0.1) is 0 Å². The van der Waals surface area contributed by atoms with Crippen LogP contribution in [0.1, 0.15) is 19.4 Å². The van der Waals surface area contributed by atoms with Crippen molar-refractivity contribution in [2.75, 3.05) is 0 Å². The van der Waals surface area contributed by atoms with Gasteiger partial charge in [-0.3, -0.25) is 0 Å². The molecule has 0 unspecified atom stereocenters. The van der Waals surface area contributed by atoms with Crippen molar-refractivity contribution < 1.29 is 32.6 Å². The Morgan fingerprint density at radius 2 is 1.82 bits per heavy atom. The van der Waals surface area contributed by atoms with E-state index in [2.05, 4.69) is 4.74 Å². The summed E-state index contributed by atoms with van der Waals surface area (Å²) in [4.78, 5) is 23.7. The first-order valence-electron chi connectivity index (χ1n) is 6.11. The zero-order valence-electron chi connectivity index (χ0n) is 11.6. The van der Waals surface area contributed by atoms with Gasteiger partial charge in [0.25, 0.3) is 5.79 Å². The Kier molecular flexibility index (Phi) is 4.37. The molecule has 0 aromatic heterocycles. The highest BCUT2D eigenvalue weighted by Gasteiger charge is 2.39. The van der Waals surface area contributed by atoms with Gasteiger partial charge in [-0.2, -0.15) is 8.78 Å². The molecule has 1 aromatic rings. The molecule has 0 atom stereocenters. The Bertz CT molecular complexity index is 633. The highest BCUT2D eigenvalue weighted by atomic mass is 35.5. The van der Waals surface area contributed by atoms with E-state index in [0.717, 1.165) is 6.08 Å². The van der Waals surface area contributed by atoms with Crippen molar-refractivity contribution in [1.29, 1.82) is 0 Å². The molecular formula is C14H11ClF2O5. The van der Waals surface area contributed by atoms with E-state index in [1.807, 2.05) is 0 Å². The van der Waals surface area contributed by atoms with Crippen molar-refractivity contribution in [2.24, 2.45) is 0 Å². The summed E-state index contributed by atoms with van der Waals surface area (Å²) in [7, 11) is 0. The lowest BCUT2D eigenvalue weighted by Crippen LogP contribution is -2.41. The van der Waals surface area contributed by atoms with Gasteiger partial charge >= 0.3 is 18.6 Å². The summed E-state index contributed by atoms with van der Waals surface area (Å²) in [6.45, 7) is -0.281. The molecule has 0 aliphatic carbocycles. The number of hydrogen-bond acceptors (Lipinski definition) is 5. The Morgan fingerprint density at radius 1 is 1.23 bits per heavy atom. The first-order chi connectivity index (χ1) is 10.2. The van der Waals surface area contributed by atoms with E-state index < -0.39 is 29.9 Å². The highest BCUT2D eigenvalue weighted by Crippen LogP contribution is 2.29. The third kappa shape index (κ3) is 3.73. The van der Waals surface area contributed by atoms with Gasteiger partial charge in [0, 0.05) is 24.4 Å². The van der Waals surface area contributed by atoms with Gasteiger partial charge in [0.05, 0.1) is 0 Å². The quantitative estimate of drug-likeness (QED) is 0.483. The lowest BCUT2D eigenvalue weighted by Gasteiger charge is -2.29. The Hall–Kier alpha value is -2.15. The molecule has 1 aliphatic rings. The van der Waals surface area contributed by atoms with E-state index in [9.17, 15) is 18.4 Å². The third-order valence-corrected chi connectivity index (χ3v) is 2.84. The van der Waals surface area contributed by atoms with Gasteiger partial charge in [0.15, 0.2) is 0 Å². The SMILES string of the molecule is CC1(C)OC(=O)C(=Cc2cc(Cl)ccc2OC(F)F)C(=O)O1. The van der Waals surface area contributed by atoms with Crippen LogP contribution in [-0.4, -0.2) is 24.3 Å². The first kappa shape index (κ1) is 16.2. The molecule has 1 fully saturated rings. The van der Waals surface area contributed by atoms with Gasteiger partial charge in [-0.1, -0.05) is 11.6 Å². The van der Waals surface area contributed by atoms with Crippen LogP contribution in [0.3, 0.4) is 0 Å². The molecule has 5 nitrogen and oxygen atoms in total. The molecule has 0 saturated carbocycles. The second-order valence-electron chi connectivity index (χ2n) is 4.80. The summed E-state index contributed by atoms with van der Waals surface area (Å²) >= 11 is 5.78. The molecule has 8 heteroatoms. The highest BCUT2D eigenvalue weighted by molar-refractivity contribution is 6.30. The molecule has 118 valence electrons. The van der Waals surface area contributed by atoms with Crippen LogP contribution >= 0.6 is 11.6 Å². The van der Waals surface area contributed by atoms with E-state index in [-0.39, 0.29) is 16.3 Å². The van der Waals surface area contributed by atoms with Crippen LogP contribution in [0, 0.1) is 0 Å². The Labute approximate surface area is 129 Å². The van der Waals surface area contributed by atoms with Crippen LogP contribution in [0.15, 0.2) is 23.8 Å². The second-order valence-corrected chi connectivity index (χ2v) is 5.23. The number of cyclic esters (lactones) is 2. The maximum Gasteiger partial charge on any atom is 0.387 e. The number of rotatable bonds is 3. The molecule has 0 radical (unpaired) electrons. The summed E-state index contributed by atoms with van der Waals surface area (Å²) in [6, 6.07) is 3.80. The Morgan fingerprint density at radius 3 is 2.36 bits per heavy atom. The van der Waals surface area contributed by atoms with Gasteiger partial charge in [0.1, 0.15) is 11.3 Å². The van der Waals surface area contributed by atoms with E-state index in [4.69, 9.17) is 21.1 Å². The Balaban J connectivity index is 2.42. The average Bonchev–Trinajstić information content (AvgIpc) is 2.35. The first-order valence-corrected chi connectivity index (χ1v) is 6.48. The predicted octanol–water partition coefficient (Wildman–Crippen LogP) is 3.16. The molecule has 1 aliphatic heterocycles. The molecular weight excluding hydrogens is 322 g/mol. The van der Waals surface area contributed by atoms with Crippen molar-refractivity contribution in [1.82, 2.24) is 0 Å². The fraction of sp³-hybridized carbons (Fsp3) is 0.286. The summed E-state index contributed by atoms with van der Waals surface area (Å²) in [5.41, 5.74) is -0.419. The van der Waals surface area contributed by atoms with Gasteiger partial charge < -0.3 is 14.2 Å². The standard InChI is InChI=1S/C14H11ClF2O5/c1-14(2)21-11(18)9(12(19)22-14)6-7-5-8(15)3-4-10(7)20-13(16)17/h3-6,13H,1-2H3. The summed E-state index contributed by atoms with van der Waals surface area (Å²) < 4.78 is 38.9. The summed E-state index contributed by atoms with van der Waals surface area (Å²) in [5.74, 6) is -3.48. The number of halogens is 3. The molecule has 0 bridgehead atoms. The molecule has 1 heterocycles. The molecule has 0 N–H and O–H groups in total. The van der Waals surface area contributed by atoms with Crippen LogP contribution < -0.4 is 4.74 Å². The smallest absolute Gasteiger partial charge is 0.387 e. The number of carbonyl (C=O) groups is 2. The van der Waals surface area contributed by atoms with Gasteiger partial charge in [-0.25, -0.2) is 9.59 Å². The number of alkyl halides is 2.